The summed E-state index contributed by atoms with van der Waals surface area (Å²) >= 11 is 0. The number of fused-ring (bicyclic) bond motifs is 2. The lowest BCUT2D eigenvalue weighted by Gasteiger charge is -2.58. The summed E-state index contributed by atoms with van der Waals surface area (Å²) in [6.07, 6.45) is 6.41. The Morgan fingerprint density at radius 1 is 1.38 bits per heavy atom. The molecular formula is C16H26. The molecule has 0 amide bonds. The molecule has 3 unspecified atom stereocenters. The molecule has 90 valence electrons. The van der Waals surface area contributed by atoms with Gasteiger partial charge in [0.05, 0.1) is 0 Å². The van der Waals surface area contributed by atoms with E-state index in [1.54, 1.807) is 5.57 Å². The van der Waals surface area contributed by atoms with Crippen molar-refractivity contribution in [1.29, 1.82) is 0 Å². The quantitative estimate of drug-likeness (QED) is 0.545. The van der Waals surface area contributed by atoms with Gasteiger partial charge in [-0.05, 0) is 41.9 Å². The van der Waals surface area contributed by atoms with Crippen LogP contribution in [-0.2, 0) is 0 Å². The molecule has 0 aromatic rings. The number of allylic oxidation sites excluding steroid dienone is 3. The van der Waals surface area contributed by atoms with Crippen LogP contribution in [0.25, 0.3) is 0 Å². The van der Waals surface area contributed by atoms with Gasteiger partial charge in [-0.15, -0.1) is 0 Å². The lowest BCUT2D eigenvalue weighted by atomic mass is 9.46. The molecule has 0 aromatic carbocycles. The summed E-state index contributed by atoms with van der Waals surface area (Å²) in [5, 5.41) is 0. The molecule has 1 fully saturated rings. The molecule has 2 aliphatic carbocycles. The van der Waals surface area contributed by atoms with Crippen LogP contribution >= 0.6 is 0 Å². The summed E-state index contributed by atoms with van der Waals surface area (Å²) in [4.78, 5) is 0. The summed E-state index contributed by atoms with van der Waals surface area (Å²) < 4.78 is 0. The zero-order valence-electron chi connectivity index (χ0n) is 11.6. The lowest BCUT2D eigenvalue weighted by molar-refractivity contribution is 0.0640. The first kappa shape index (κ1) is 12.0. The predicted octanol–water partition coefficient (Wildman–Crippen LogP) is 4.97. The highest BCUT2D eigenvalue weighted by Crippen LogP contribution is 2.64. The van der Waals surface area contributed by atoms with E-state index in [9.17, 15) is 0 Å². The Morgan fingerprint density at radius 2 is 2.00 bits per heavy atom. The first-order valence-corrected chi connectivity index (χ1v) is 6.78. The fourth-order valence-corrected chi connectivity index (χ4v) is 4.13. The normalized spacial score (nSPS) is 47.8. The van der Waals surface area contributed by atoms with Crippen LogP contribution < -0.4 is 0 Å². The largest absolute Gasteiger partial charge is 0.0987 e. The maximum absolute atomic E-state index is 4.41. The Kier molecular flexibility index (Phi) is 2.60. The molecule has 0 N–H and O–H groups in total. The van der Waals surface area contributed by atoms with Gasteiger partial charge in [0, 0.05) is 0 Å². The maximum Gasteiger partial charge on any atom is -0.00222 e. The summed E-state index contributed by atoms with van der Waals surface area (Å²) in [5.41, 5.74) is 3.86. The number of rotatable bonds is 1. The van der Waals surface area contributed by atoms with E-state index in [2.05, 4.69) is 47.3 Å². The molecular weight excluding hydrogens is 192 g/mol. The monoisotopic (exact) mass is 218 g/mol. The molecule has 4 atom stereocenters. The first-order chi connectivity index (χ1) is 7.37. The Balaban J connectivity index is 2.61. The van der Waals surface area contributed by atoms with Gasteiger partial charge in [-0.25, -0.2) is 0 Å². The van der Waals surface area contributed by atoms with Crippen LogP contribution in [0.1, 0.15) is 53.9 Å². The van der Waals surface area contributed by atoms with Crippen molar-refractivity contribution in [2.75, 3.05) is 0 Å². The van der Waals surface area contributed by atoms with Crippen LogP contribution in [0.3, 0.4) is 0 Å². The predicted molar refractivity (Wildman–Crippen MR) is 71.3 cm³/mol. The number of hydrogen-bond donors (Lipinski definition) is 0. The zero-order valence-corrected chi connectivity index (χ0v) is 11.6. The average Bonchev–Trinajstić information content (AvgIpc) is 2.27. The third kappa shape index (κ3) is 1.22. The third-order valence-electron chi connectivity index (χ3n) is 5.86. The van der Waals surface area contributed by atoms with Crippen molar-refractivity contribution in [2.45, 2.75) is 53.9 Å². The molecule has 1 saturated carbocycles. The molecule has 0 heterocycles. The van der Waals surface area contributed by atoms with Crippen molar-refractivity contribution < 1.29 is 0 Å². The van der Waals surface area contributed by atoms with Crippen molar-refractivity contribution >= 4 is 0 Å². The number of hydrogen-bond acceptors (Lipinski definition) is 0. The van der Waals surface area contributed by atoms with Crippen LogP contribution in [0.2, 0.25) is 0 Å². The van der Waals surface area contributed by atoms with Gasteiger partial charge >= 0.3 is 0 Å². The minimum Gasteiger partial charge on any atom is -0.0987 e. The van der Waals surface area contributed by atoms with Crippen LogP contribution in [0.5, 0.6) is 0 Å². The SMILES string of the molecule is C=C1C(C)C=C2[C@H](C)CCC1(C)C2(C)CC. The molecule has 2 bridgehead atoms. The zero-order chi connectivity index (χ0) is 12.1. The molecule has 2 rings (SSSR count). The maximum atomic E-state index is 4.41. The highest BCUT2D eigenvalue weighted by molar-refractivity contribution is 5.38. The minimum absolute atomic E-state index is 0.331. The highest BCUT2D eigenvalue weighted by Gasteiger charge is 2.54. The fourth-order valence-electron chi connectivity index (χ4n) is 4.13. The molecule has 0 aliphatic heterocycles. The van der Waals surface area contributed by atoms with Crippen LogP contribution in [0.15, 0.2) is 23.8 Å². The molecule has 16 heavy (non-hydrogen) atoms. The molecule has 2 aliphatic rings. The Morgan fingerprint density at radius 3 is 2.56 bits per heavy atom. The molecule has 0 aromatic heterocycles. The third-order valence-corrected chi connectivity index (χ3v) is 5.86. The Labute approximate surface area is 101 Å². The average molecular weight is 218 g/mol. The van der Waals surface area contributed by atoms with E-state index in [0.29, 0.717) is 16.7 Å². The molecule has 0 saturated heterocycles. The lowest BCUT2D eigenvalue weighted by Crippen LogP contribution is -2.49. The fraction of sp³-hybridized carbons (Fsp3) is 0.750. The van der Waals surface area contributed by atoms with Crippen molar-refractivity contribution in [3.63, 3.8) is 0 Å². The van der Waals surface area contributed by atoms with E-state index in [1.807, 2.05) is 0 Å². The van der Waals surface area contributed by atoms with Gasteiger partial charge in [0.25, 0.3) is 0 Å². The van der Waals surface area contributed by atoms with Gasteiger partial charge in [0.2, 0.25) is 0 Å². The van der Waals surface area contributed by atoms with E-state index >= 15 is 0 Å². The Bertz CT molecular complexity index is 349. The van der Waals surface area contributed by atoms with Crippen LogP contribution in [-0.4, -0.2) is 0 Å². The molecule has 0 nitrogen and oxygen atoms in total. The minimum atomic E-state index is 0.331. The topological polar surface area (TPSA) is 0 Å². The smallest absolute Gasteiger partial charge is 0.00222 e. The summed E-state index contributed by atoms with van der Waals surface area (Å²) in [6.45, 7) is 16.4. The second-order valence-corrected chi connectivity index (χ2v) is 6.39. The second-order valence-electron chi connectivity index (χ2n) is 6.39. The van der Waals surface area contributed by atoms with Crippen molar-refractivity contribution in [3.05, 3.63) is 23.8 Å². The van der Waals surface area contributed by atoms with Crippen LogP contribution in [0.4, 0.5) is 0 Å². The van der Waals surface area contributed by atoms with Gasteiger partial charge < -0.3 is 0 Å². The Hall–Kier alpha value is -0.520. The second kappa shape index (κ2) is 3.48. The van der Waals surface area contributed by atoms with E-state index in [1.165, 1.54) is 24.8 Å². The molecule has 0 spiro atoms. The van der Waals surface area contributed by atoms with Crippen molar-refractivity contribution in [1.82, 2.24) is 0 Å². The van der Waals surface area contributed by atoms with Crippen LogP contribution in [0, 0.1) is 22.7 Å². The standard InChI is InChI=1S/C16H26/c1-7-15(5)14-10-12(3)13(4)16(15,6)9-8-11(14)2/h10-12H,4,7-9H2,1-3,5-6H3/t11-,12?,15?,16?/m1/s1. The van der Waals surface area contributed by atoms with Gasteiger partial charge in [0.1, 0.15) is 0 Å². The van der Waals surface area contributed by atoms with E-state index in [4.69, 9.17) is 0 Å². The van der Waals surface area contributed by atoms with E-state index in [-0.39, 0.29) is 0 Å². The van der Waals surface area contributed by atoms with E-state index < -0.39 is 0 Å². The molecule has 0 heteroatoms. The van der Waals surface area contributed by atoms with Gasteiger partial charge in [-0.2, -0.15) is 0 Å². The van der Waals surface area contributed by atoms with Gasteiger partial charge in [-0.3, -0.25) is 0 Å². The van der Waals surface area contributed by atoms with Gasteiger partial charge in [0.15, 0.2) is 0 Å². The highest BCUT2D eigenvalue weighted by atomic mass is 14.6. The summed E-state index contributed by atoms with van der Waals surface area (Å²) in [7, 11) is 0. The van der Waals surface area contributed by atoms with Crippen molar-refractivity contribution in [3.8, 4) is 0 Å². The summed E-state index contributed by atoms with van der Waals surface area (Å²) in [5.74, 6) is 1.34. The van der Waals surface area contributed by atoms with Crippen molar-refractivity contribution in [2.24, 2.45) is 22.7 Å². The first-order valence-electron chi connectivity index (χ1n) is 6.78. The van der Waals surface area contributed by atoms with E-state index in [0.717, 1.165) is 5.92 Å². The summed E-state index contributed by atoms with van der Waals surface area (Å²) in [6, 6.07) is 0. The molecule has 0 radical (unpaired) electrons. The van der Waals surface area contributed by atoms with Gasteiger partial charge in [-0.1, -0.05) is 58.4 Å².